The van der Waals surface area contributed by atoms with Gasteiger partial charge in [0.2, 0.25) is 0 Å². The zero-order chi connectivity index (χ0) is 7.84. The lowest BCUT2D eigenvalue weighted by atomic mass is 10.4. The number of aromatic amines is 1. The Kier molecular flexibility index (Phi) is 1.26. The van der Waals surface area contributed by atoms with Crippen molar-refractivity contribution in [2.45, 2.75) is 0 Å². The number of hydrogen-bond donors (Lipinski definition) is 2. The molecule has 0 amide bonds. The van der Waals surface area contributed by atoms with Gasteiger partial charge in [0, 0.05) is 12.4 Å². The number of fused-ring (bicyclic) bond motifs is 1. The van der Waals surface area contributed by atoms with Gasteiger partial charge in [-0.3, -0.25) is 4.98 Å². The van der Waals surface area contributed by atoms with Gasteiger partial charge in [0.1, 0.15) is 5.52 Å². The zero-order valence-corrected chi connectivity index (χ0v) is 6.26. The predicted octanol–water partition coefficient (Wildman–Crippen LogP) is 1.92. The van der Waals surface area contributed by atoms with Crippen molar-refractivity contribution in [2.24, 2.45) is 0 Å². The smallest absolute Gasteiger partial charge is 0.159 e. The van der Waals surface area contributed by atoms with Crippen molar-refractivity contribution in [1.82, 2.24) is 9.97 Å². The third-order valence-electron chi connectivity index (χ3n) is 1.50. The molecule has 0 saturated carbocycles. The summed E-state index contributed by atoms with van der Waals surface area (Å²) in [4.78, 5) is 6.75. The van der Waals surface area contributed by atoms with Crippen LogP contribution in [0.25, 0.3) is 11.0 Å². The monoisotopic (exact) mass is 168 g/mol. The second-order valence-corrected chi connectivity index (χ2v) is 2.60. The Morgan fingerprint density at radius 2 is 2.36 bits per heavy atom. The van der Waals surface area contributed by atoms with Gasteiger partial charge in [-0.1, -0.05) is 11.6 Å². The first-order chi connectivity index (χ1) is 5.29. The molecule has 3 nitrogen and oxygen atoms in total. The Bertz CT molecular complexity index is 396. The third kappa shape index (κ3) is 0.851. The maximum Gasteiger partial charge on any atom is 0.159 e. The molecule has 2 N–H and O–H groups in total. The van der Waals surface area contributed by atoms with Gasteiger partial charge in [-0.15, -0.1) is 0 Å². The van der Waals surface area contributed by atoms with Crippen molar-refractivity contribution in [2.75, 3.05) is 0 Å². The minimum atomic E-state index is 0.127. The van der Waals surface area contributed by atoms with E-state index in [-0.39, 0.29) is 5.75 Å². The van der Waals surface area contributed by atoms with Gasteiger partial charge in [-0.25, -0.2) is 0 Å². The zero-order valence-electron chi connectivity index (χ0n) is 5.50. The van der Waals surface area contributed by atoms with Crippen LogP contribution in [0.3, 0.4) is 0 Å². The molecule has 0 unspecified atom stereocenters. The van der Waals surface area contributed by atoms with Gasteiger partial charge in [-0.05, 0) is 6.07 Å². The number of rotatable bonds is 0. The molecule has 0 aliphatic heterocycles. The van der Waals surface area contributed by atoms with E-state index in [9.17, 15) is 5.11 Å². The summed E-state index contributed by atoms with van der Waals surface area (Å²) in [5.74, 6) is 0.127. The highest BCUT2D eigenvalue weighted by molar-refractivity contribution is 6.35. The van der Waals surface area contributed by atoms with Crippen molar-refractivity contribution in [3.63, 3.8) is 0 Å². The molecule has 0 radical (unpaired) electrons. The largest absolute Gasteiger partial charge is 0.504 e. The maximum absolute atomic E-state index is 9.18. The van der Waals surface area contributed by atoms with Gasteiger partial charge >= 0.3 is 0 Å². The van der Waals surface area contributed by atoms with E-state index in [1.807, 2.05) is 0 Å². The molecule has 0 atom stereocenters. The van der Waals surface area contributed by atoms with Crippen LogP contribution in [0.4, 0.5) is 0 Å². The maximum atomic E-state index is 9.18. The van der Waals surface area contributed by atoms with Gasteiger partial charge in [0.25, 0.3) is 0 Å². The molecular weight excluding hydrogens is 164 g/mol. The molecule has 2 heterocycles. The number of nitrogens with zero attached hydrogens (tertiary/aromatic N) is 1. The number of aromatic hydroxyl groups is 1. The lowest BCUT2D eigenvalue weighted by Crippen LogP contribution is -1.74. The van der Waals surface area contributed by atoms with Gasteiger partial charge < -0.3 is 10.1 Å². The van der Waals surface area contributed by atoms with Crippen molar-refractivity contribution < 1.29 is 5.11 Å². The summed E-state index contributed by atoms with van der Waals surface area (Å²) in [5.41, 5.74) is 1.18. The van der Waals surface area contributed by atoms with Crippen LogP contribution < -0.4 is 0 Å². The highest BCUT2D eigenvalue weighted by Gasteiger charge is 2.04. The summed E-state index contributed by atoms with van der Waals surface area (Å²) in [5, 5.41) is 9.75. The van der Waals surface area contributed by atoms with E-state index >= 15 is 0 Å². The normalized spacial score (nSPS) is 10.6. The highest BCUT2D eigenvalue weighted by Crippen LogP contribution is 2.26. The van der Waals surface area contributed by atoms with E-state index in [1.165, 1.54) is 6.20 Å². The van der Waals surface area contributed by atoms with E-state index in [1.54, 1.807) is 12.3 Å². The van der Waals surface area contributed by atoms with Crippen LogP contribution in [0.5, 0.6) is 5.75 Å². The van der Waals surface area contributed by atoms with E-state index in [0.29, 0.717) is 16.1 Å². The SMILES string of the molecule is Oc1c[nH]c2c(Cl)ccnc12. The molecular formula is C7H5ClN2O. The average Bonchev–Trinajstić information content (AvgIpc) is 2.35. The molecule has 2 aromatic rings. The first-order valence-electron chi connectivity index (χ1n) is 3.09. The Morgan fingerprint density at radius 1 is 1.55 bits per heavy atom. The Morgan fingerprint density at radius 3 is 3.09 bits per heavy atom. The van der Waals surface area contributed by atoms with E-state index in [2.05, 4.69) is 9.97 Å². The Labute approximate surface area is 67.6 Å². The van der Waals surface area contributed by atoms with Gasteiger partial charge in [0.15, 0.2) is 5.75 Å². The van der Waals surface area contributed by atoms with Crippen LogP contribution in [0, 0.1) is 0 Å². The minimum absolute atomic E-state index is 0.127. The third-order valence-corrected chi connectivity index (χ3v) is 1.81. The topological polar surface area (TPSA) is 48.9 Å². The summed E-state index contributed by atoms with van der Waals surface area (Å²) in [6, 6.07) is 1.67. The predicted molar refractivity (Wildman–Crippen MR) is 42.8 cm³/mol. The molecule has 0 saturated heterocycles. The fourth-order valence-electron chi connectivity index (χ4n) is 0.979. The molecule has 0 aliphatic rings. The van der Waals surface area contributed by atoms with Crippen LogP contribution in [0.1, 0.15) is 0 Å². The molecule has 0 bridgehead atoms. The first kappa shape index (κ1) is 6.49. The Balaban J connectivity index is 2.94. The second-order valence-electron chi connectivity index (χ2n) is 2.19. The number of hydrogen-bond acceptors (Lipinski definition) is 2. The van der Waals surface area contributed by atoms with Crippen molar-refractivity contribution in [3.05, 3.63) is 23.5 Å². The fraction of sp³-hybridized carbons (Fsp3) is 0. The molecule has 56 valence electrons. The van der Waals surface area contributed by atoms with Gasteiger partial charge in [0.05, 0.1) is 10.5 Å². The first-order valence-corrected chi connectivity index (χ1v) is 3.47. The summed E-state index contributed by atoms with van der Waals surface area (Å²) in [6.07, 6.45) is 3.02. The fourth-order valence-corrected chi connectivity index (χ4v) is 1.18. The minimum Gasteiger partial charge on any atom is -0.504 e. The number of pyridine rings is 1. The molecule has 0 aliphatic carbocycles. The van der Waals surface area contributed by atoms with Crippen molar-refractivity contribution in [1.29, 1.82) is 0 Å². The molecule has 0 aromatic carbocycles. The molecule has 0 fully saturated rings. The van der Waals surface area contributed by atoms with E-state index in [4.69, 9.17) is 11.6 Å². The molecule has 11 heavy (non-hydrogen) atoms. The summed E-state index contributed by atoms with van der Waals surface area (Å²) in [6.45, 7) is 0. The standard InChI is InChI=1S/C7H5ClN2O/c8-4-1-2-9-7-5(11)3-10-6(4)7/h1-3,10-11H. The van der Waals surface area contributed by atoms with Crippen LogP contribution >= 0.6 is 11.6 Å². The van der Waals surface area contributed by atoms with Crippen molar-refractivity contribution in [3.8, 4) is 5.75 Å². The summed E-state index contributed by atoms with van der Waals surface area (Å²) in [7, 11) is 0. The lowest BCUT2D eigenvalue weighted by Gasteiger charge is -1.90. The van der Waals surface area contributed by atoms with Crippen LogP contribution in [0.15, 0.2) is 18.5 Å². The van der Waals surface area contributed by atoms with E-state index < -0.39 is 0 Å². The average molecular weight is 169 g/mol. The highest BCUT2D eigenvalue weighted by atomic mass is 35.5. The summed E-state index contributed by atoms with van der Waals surface area (Å²) < 4.78 is 0. The van der Waals surface area contributed by atoms with Crippen molar-refractivity contribution >= 4 is 22.6 Å². The lowest BCUT2D eigenvalue weighted by molar-refractivity contribution is 0.480. The number of halogens is 1. The number of H-pyrrole nitrogens is 1. The summed E-state index contributed by atoms with van der Waals surface area (Å²) >= 11 is 5.79. The Hall–Kier alpha value is -1.22. The molecule has 0 spiro atoms. The number of nitrogens with one attached hydrogen (secondary N) is 1. The molecule has 4 heteroatoms. The number of aromatic nitrogens is 2. The van der Waals surface area contributed by atoms with Crippen LogP contribution in [-0.4, -0.2) is 15.1 Å². The van der Waals surface area contributed by atoms with Crippen LogP contribution in [0.2, 0.25) is 5.02 Å². The quantitative estimate of drug-likeness (QED) is 0.632. The molecule has 2 rings (SSSR count). The van der Waals surface area contributed by atoms with E-state index in [0.717, 1.165) is 0 Å². The van der Waals surface area contributed by atoms with Crippen LogP contribution in [-0.2, 0) is 0 Å². The second kappa shape index (κ2) is 2.13. The molecule has 2 aromatic heterocycles. The van der Waals surface area contributed by atoms with Gasteiger partial charge in [-0.2, -0.15) is 0 Å².